The van der Waals surface area contributed by atoms with Crippen molar-refractivity contribution in [1.82, 2.24) is 0 Å². The Labute approximate surface area is 304 Å². The summed E-state index contributed by atoms with van der Waals surface area (Å²) < 4.78 is 35.9. The molecule has 2 saturated carbocycles. The average molecular weight is 711 g/mol. The first-order valence-corrected chi connectivity index (χ1v) is 19.9. The Morgan fingerprint density at radius 1 is 0.580 bits per heavy atom. The summed E-state index contributed by atoms with van der Waals surface area (Å²) in [6.45, 7) is 25.8. The molecule has 5 atom stereocenters. The van der Waals surface area contributed by atoms with E-state index in [1.807, 2.05) is 41.5 Å². The molecule has 0 aromatic heterocycles. The van der Waals surface area contributed by atoms with Crippen molar-refractivity contribution in [3.8, 4) is 0 Å². The highest BCUT2D eigenvalue weighted by Crippen LogP contribution is 2.64. The number of allylic oxidation sites excluding steroid dienone is 1. The highest BCUT2D eigenvalue weighted by Gasteiger charge is 2.59. The number of aliphatic hydroxyl groups is 3. The van der Waals surface area contributed by atoms with E-state index >= 15 is 0 Å². The standard InChI is InChI=1S/C41H74O9/c1-10-45-22-28-16-34(17-29(37(28)42)23-46-11-2)40(7,8)41(9,35-18-30(24-47-12-3)38(43)31(19-35)25-48-13-4)36-20-32(26-49-14-5)39(44)33(21-36)27-50-15-6/h16,30-36,38-39,42-44H,10-15,17-27H2,1-9H3. The maximum absolute atomic E-state index is 11.7. The number of aliphatic hydroxyl groups excluding tert-OH is 3. The molecule has 0 bridgehead atoms. The van der Waals surface area contributed by atoms with Crippen LogP contribution in [0, 0.1) is 52.3 Å². The van der Waals surface area contributed by atoms with Crippen LogP contribution in [0.2, 0.25) is 0 Å². The Morgan fingerprint density at radius 2 is 0.940 bits per heavy atom. The minimum Gasteiger partial charge on any atom is -0.508 e. The summed E-state index contributed by atoms with van der Waals surface area (Å²) in [5.74, 6) is 0.880. The zero-order valence-electron chi connectivity index (χ0n) is 33.1. The van der Waals surface area contributed by atoms with E-state index in [0.29, 0.717) is 91.5 Å². The van der Waals surface area contributed by atoms with Crippen LogP contribution in [-0.4, -0.2) is 107 Å². The number of hydrogen-bond donors (Lipinski definition) is 3. The van der Waals surface area contributed by atoms with Gasteiger partial charge in [0.2, 0.25) is 0 Å². The molecular weight excluding hydrogens is 636 g/mol. The first kappa shape index (κ1) is 43.4. The topological polar surface area (TPSA) is 116 Å². The van der Waals surface area contributed by atoms with E-state index < -0.39 is 12.2 Å². The van der Waals surface area contributed by atoms with Crippen LogP contribution in [0.5, 0.6) is 0 Å². The summed E-state index contributed by atoms with van der Waals surface area (Å²) in [7, 11) is 0. The lowest BCUT2D eigenvalue weighted by Crippen LogP contribution is -2.57. The molecule has 3 N–H and O–H groups in total. The normalized spacial score (nSPS) is 32.2. The molecule has 0 amide bonds. The van der Waals surface area contributed by atoms with Crippen LogP contribution in [0.3, 0.4) is 0 Å². The monoisotopic (exact) mass is 711 g/mol. The molecule has 0 aliphatic heterocycles. The van der Waals surface area contributed by atoms with Crippen molar-refractivity contribution in [1.29, 1.82) is 0 Å². The fourth-order valence-electron chi connectivity index (χ4n) is 9.60. The van der Waals surface area contributed by atoms with Gasteiger partial charge in [0.05, 0.1) is 51.8 Å². The van der Waals surface area contributed by atoms with Gasteiger partial charge in [-0.25, -0.2) is 0 Å². The Balaban J connectivity index is 2.20. The van der Waals surface area contributed by atoms with Gasteiger partial charge in [-0.15, -0.1) is 0 Å². The van der Waals surface area contributed by atoms with E-state index in [0.717, 1.165) is 36.8 Å². The van der Waals surface area contributed by atoms with Crippen molar-refractivity contribution in [2.45, 2.75) is 107 Å². The summed E-state index contributed by atoms with van der Waals surface area (Å²) in [4.78, 5) is 0. The molecular formula is C41H74O9. The van der Waals surface area contributed by atoms with E-state index in [4.69, 9.17) is 28.4 Å². The van der Waals surface area contributed by atoms with E-state index in [1.54, 1.807) is 0 Å². The summed E-state index contributed by atoms with van der Waals surface area (Å²) in [5.41, 5.74) is 1.23. The molecule has 9 heteroatoms. The third kappa shape index (κ3) is 10.3. The van der Waals surface area contributed by atoms with E-state index in [1.165, 1.54) is 0 Å². The Hall–Kier alpha value is -1.04. The second-order valence-corrected chi connectivity index (χ2v) is 15.7. The van der Waals surface area contributed by atoms with Gasteiger partial charge in [0, 0.05) is 68.9 Å². The van der Waals surface area contributed by atoms with Gasteiger partial charge in [0.15, 0.2) is 0 Å². The molecule has 3 rings (SSSR count). The van der Waals surface area contributed by atoms with Crippen molar-refractivity contribution in [2.75, 3.05) is 79.3 Å². The van der Waals surface area contributed by atoms with Gasteiger partial charge < -0.3 is 43.7 Å². The lowest BCUT2D eigenvalue weighted by molar-refractivity contribution is -0.163. The average Bonchev–Trinajstić information content (AvgIpc) is 3.11. The van der Waals surface area contributed by atoms with Crippen LogP contribution >= 0.6 is 0 Å². The van der Waals surface area contributed by atoms with Gasteiger partial charge in [-0.05, 0) is 108 Å². The SMILES string of the molecule is CCOCC1=CC(C(C)(C)C(C)(C2CC(COCC)C(O)C(COCC)C2)C2CC(COCC)C(O)C(COCC)C2)CC(COCC)=C1O. The van der Waals surface area contributed by atoms with E-state index in [-0.39, 0.29) is 52.3 Å². The molecule has 9 nitrogen and oxygen atoms in total. The van der Waals surface area contributed by atoms with Gasteiger partial charge in [-0.1, -0.05) is 26.8 Å². The molecule has 0 saturated heterocycles. The molecule has 0 heterocycles. The predicted octanol–water partition coefficient (Wildman–Crippen LogP) is 7.00. The lowest BCUT2D eigenvalue weighted by atomic mass is 9.44. The Morgan fingerprint density at radius 3 is 1.30 bits per heavy atom. The van der Waals surface area contributed by atoms with Gasteiger partial charge >= 0.3 is 0 Å². The van der Waals surface area contributed by atoms with Crippen LogP contribution in [0.1, 0.15) is 94.4 Å². The molecule has 3 aliphatic carbocycles. The fourth-order valence-corrected chi connectivity index (χ4v) is 9.60. The number of ether oxygens (including phenoxy) is 6. The second-order valence-electron chi connectivity index (χ2n) is 15.7. The summed E-state index contributed by atoms with van der Waals surface area (Å²) in [6, 6.07) is 0. The highest BCUT2D eigenvalue weighted by atomic mass is 16.5. The first-order chi connectivity index (χ1) is 23.9. The molecule has 0 radical (unpaired) electrons. The predicted molar refractivity (Wildman–Crippen MR) is 198 cm³/mol. The minimum absolute atomic E-state index is 0.00484. The molecule has 0 aromatic rings. The molecule has 50 heavy (non-hydrogen) atoms. The van der Waals surface area contributed by atoms with Gasteiger partial charge in [0.25, 0.3) is 0 Å². The maximum atomic E-state index is 11.7. The Bertz CT molecular complexity index is 963. The van der Waals surface area contributed by atoms with Crippen molar-refractivity contribution in [3.05, 3.63) is 23.0 Å². The van der Waals surface area contributed by atoms with Crippen molar-refractivity contribution < 1.29 is 43.7 Å². The van der Waals surface area contributed by atoms with Crippen molar-refractivity contribution in [3.63, 3.8) is 0 Å². The fraction of sp³-hybridized carbons (Fsp3) is 0.902. The minimum atomic E-state index is -0.494. The molecule has 292 valence electrons. The van der Waals surface area contributed by atoms with Gasteiger partial charge in [-0.3, -0.25) is 0 Å². The van der Waals surface area contributed by atoms with Crippen molar-refractivity contribution >= 4 is 0 Å². The first-order valence-electron chi connectivity index (χ1n) is 19.9. The maximum Gasteiger partial charge on any atom is 0.122 e. The molecule has 5 unspecified atom stereocenters. The van der Waals surface area contributed by atoms with Crippen LogP contribution in [0.15, 0.2) is 23.0 Å². The summed E-state index contributed by atoms with van der Waals surface area (Å²) in [5, 5.41) is 34.8. The van der Waals surface area contributed by atoms with Crippen LogP contribution in [0.4, 0.5) is 0 Å². The third-order valence-electron chi connectivity index (χ3n) is 12.9. The second kappa shape index (κ2) is 21.0. The largest absolute Gasteiger partial charge is 0.508 e. The molecule has 2 fully saturated rings. The highest BCUT2D eigenvalue weighted by molar-refractivity contribution is 5.37. The lowest BCUT2D eigenvalue weighted by Gasteiger charge is -2.61. The zero-order valence-corrected chi connectivity index (χ0v) is 33.1. The molecule has 0 aromatic carbocycles. The van der Waals surface area contributed by atoms with Gasteiger partial charge in [-0.2, -0.15) is 0 Å². The van der Waals surface area contributed by atoms with Crippen LogP contribution < -0.4 is 0 Å². The van der Waals surface area contributed by atoms with Gasteiger partial charge in [0.1, 0.15) is 5.76 Å². The quantitative estimate of drug-likeness (QED) is 0.109. The molecule has 0 spiro atoms. The summed E-state index contributed by atoms with van der Waals surface area (Å²) in [6.07, 6.45) is 5.39. The van der Waals surface area contributed by atoms with Crippen molar-refractivity contribution in [2.24, 2.45) is 52.3 Å². The van der Waals surface area contributed by atoms with Crippen LogP contribution in [0.25, 0.3) is 0 Å². The number of rotatable bonds is 22. The molecule has 3 aliphatic rings. The van der Waals surface area contributed by atoms with E-state index in [2.05, 4.69) is 26.8 Å². The van der Waals surface area contributed by atoms with Crippen LogP contribution in [-0.2, 0) is 28.4 Å². The smallest absolute Gasteiger partial charge is 0.122 e. The summed E-state index contributed by atoms with van der Waals surface area (Å²) >= 11 is 0. The zero-order chi connectivity index (χ0) is 36.9. The third-order valence-corrected chi connectivity index (χ3v) is 12.9. The Kier molecular flexibility index (Phi) is 18.2. The van der Waals surface area contributed by atoms with E-state index in [9.17, 15) is 15.3 Å². The number of hydrogen-bond acceptors (Lipinski definition) is 9.